The first kappa shape index (κ1) is 14.9. The molecule has 0 fully saturated rings. The number of hydrogen-bond donors (Lipinski definition) is 1. The van der Waals surface area contributed by atoms with Crippen molar-refractivity contribution in [2.24, 2.45) is 5.92 Å². The van der Waals surface area contributed by atoms with E-state index in [9.17, 15) is 0 Å². The van der Waals surface area contributed by atoms with Crippen LogP contribution in [0.2, 0.25) is 0 Å². The molecule has 0 saturated carbocycles. The minimum atomic E-state index is 0.316. The second-order valence-corrected chi connectivity index (χ2v) is 4.68. The van der Waals surface area contributed by atoms with Crippen molar-refractivity contribution in [3.8, 4) is 0 Å². The molecule has 0 aliphatic heterocycles. The third-order valence-corrected chi connectivity index (χ3v) is 2.85. The lowest BCUT2D eigenvalue weighted by atomic mass is 10.1. The lowest BCUT2D eigenvalue weighted by Gasteiger charge is -2.23. The van der Waals surface area contributed by atoms with E-state index in [1.165, 1.54) is 19.3 Å². The molecule has 0 aliphatic rings. The van der Waals surface area contributed by atoms with Gasteiger partial charge in [0.25, 0.3) is 0 Å². The Bertz CT molecular complexity index is 138. The molecule has 0 saturated heterocycles. The van der Waals surface area contributed by atoms with E-state index in [2.05, 4.69) is 39.9 Å². The number of hydrogen-bond acceptors (Lipinski definition) is 2. The van der Waals surface area contributed by atoms with E-state index in [1.807, 2.05) is 0 Å². The summed E-state index contributed by atoms with van der Waals surface area (Å²) < 4.78 is 5.85. The smallest absolute Gasteiger partial charge is 0.0697 e. The largest absolute Gasteiger partial charge is 0.377 e. The van der Waals surface area contributed by atoms with Crippen LogP contribution < -0.4 is 5.32 Å². The zero-order chi connectivity index (χ0) is 11.7. The number of ether oxygens (including phenoxy) is 1. The maximum Gasteiger partial charge on any atom is 0.0697 e. The second-order valence-electron chi connectivity index (χ2n) is 4.68. The summed E-state index contributed by atoms with van der Waals surface area (Å²) in [6, 6.07) is 0.457. The zero-order valence-corrected chi connectivity index (χ0v) is 11.2. The fraction of sp³-hybridized carbons (Fsp3) is 1.00. The van der Waals surface area contributed by atoms with Crippen molar-refractivity contribution in [1.29, 1.82) is 0 Å². The van der Waals surface area contributed by atoms with Crippen LogP contribution in [0.1, 0.15) is 53.9 Å². The van der Waals surface area contributed by atoms with Crippen LogP contribution in [-0.4, -0.2) is 25.3 Å². The predicted octanol–water partition coefficient (Wildman–Crippen LogP) is 3.22. The first-order chi connectivity index (χ1) is 7.11. The van der Waals surface area contributed by atoms with Gasteiger partial charge in [-0.2, -0.15) is 0 Å². The minimum Gasteiger partial charge on any atom is -0.377 e. The molecule has 0 amide bonds. The molecule has 1 N–H and O–H groups in total. The van der Waals surface area contributed by atoms with Crippen molar-refractivity contribution in [3.63, 3.8) is 0 Å². The Kier molecular flexibility index (Phi) is 9.12. The van der Waals surface area contributed by atoms with E-state index in [4.69, 9.17) is 4.74 Å². The van der Waals surface area contributed by atoms with Gasteiger partial charge in [-0.05, 0) is 39.2 Å². The Labute approximate surface area is 95.8 Å². The third-order valence-electron chi connectivity index (χ3n) is 2.85. The monoisotopic (exact) mass is 215 g/mol. The van der Waals surface area contributed by atoms with E-state index in [0.717, 1.165) is 13.2 Å². The average molecular weight is 215 g/mol. The fourth-order valence-electron chi connectivity index (χ4n) is 1.57. The van der Waals surface area contributed by atoms with Gasteiger partial charge in [0.2, 0.25) is 0 Å². The van der Waals surface area contributed by atoms with E-state index in [-0.39, 0.29) is 0 Å². The van der Waals surface area contributed by atoms with Crippen LogP contribution in [0, 0.1) is 5.92 Å². The van der Waals surface area contributed by atoms with Crippen LogP contribution in [0.25, 0.3) is 0 Å². The summed E-state index contributed by atoms with van der Waals surface area (Å²) in [5.41, 5.74) is 0. The molecule has 0 aromatic carbocycles. The van der Waals surface area contributed by atoms with Crippen LogP contribution in [0.5, 0.6) is 0 Å². The molecule has 0 aromatic heterocycles. The van der Waals surface area contributed by atoms with Crippen molar-refractivity contribution in [2.75, 3.05) is 13.2 Å². The van der Waals surface area contributed by atoms with Crippen LogP contribution in [0.15, 0.2) is 0 Å². The van der Waals surface area contributed by atoms with Crippen molar-refractivity contribution in [1.82, 2.24) is 5.32 Å². The summed E-state index contributed by atoms with van der Waals surface area (Å²) in [7, 11) is 0. The van der Waals surface area contributed by atoms with Gasteiger partial charge in [-0.3, -0.25) is 0 Å². The molecule has 3 atom stereocenters. The van der Waals surface area contributed by atoms with Crippen LogP contribution in [0.4, 0.5) is 0 Å². The highest BCUT2D eigenvalue weighted by Gasteiger charge is 2.12. The molecule has 3 unspecified atom stereocenters. The Morgan fingerprint density at radius 1 is 1.07 bits per heavy atom. The Morgan fingerprint density at radius 3 is 2.27 bits per heavy atom. The van der Waals surface area contributed by atoms with Gasteiger partial charge < -0.3 is 10.1 Å². The van der Waals surface area contributed by atoms with Gasteiger partial charge >= 0.3 is 0 Å². The van der Waals surface area contributed by atoms with E-state index in [0.29, 0.717) is 18.1 Å². The molecule has 2 nitrogen and oxygen atoms in total. The van der Waals surface area contributed by atoms with Crippen LogP contribution >= 0.6 is 0 Å². The molecule has 0 bridgehead atoms. The lowest BCUT2D eigenvalue weighted by Crippen LogP contribution is -2.38. The molecular weight excluding hydrogens is 186 g/mol. The summed E-state index contributed by atoms with van der Waals surface area (Å²) in [6.45, 7) is 13.0. The highest BCUT2D eigenvalue weighted by Crippen LogP contribution is 2.08. The molecular formula is C13H29NO. The van der Waals surface area contributed by atoms with Gasteiger partial charge in [-0.25, -0.2) is 0 Å². The van der Waals surface area contributed by atoms with Gasteiger partial charge in [0.15, 0.2) is 0 Å². The fourth-order valence-corrected chi connectivity index (χ4v) is 1.57. The predicted molar refractivity (Wildman–Crippen MR) is 67.2 cm³/mol. The van der Waals surface area contributed by atoms with Crippen LogP contribution in [-0.2, 0) is 4.74 Å². The first-order valence-corrected chi connectivity index (χ1v) is 6.46. The van der Waals surface area contributed by atoms with Crippen LogP contribution in [0.3, 0.4) is 0 Å². The lowest BCUT2D eigenvalue weighted by molar-refractivity contribution is 0.0226. The molecule has 0 aliphatic carbocycles. The third kappa shape index (κ3) is 7.80. The van der Waals surface area contributed by atoms with Crippen molar-refractivity contribution >= 4 is 0 Å². The topological polar surface area (TPSA) is 21.3 Å². The first-order valence-electron chi connectivity index (χ1n) is 6.46. The molecule has 0 rings (SSSR count). The summed E-state index contributed by atoms with van der Waals surface area (Å²) in [5.74, 6) is 0.691. The molecule has 15 heavy (non-hydrogen) atoms. The van der Waals surface area contributed by atoms with Gasteiger partial charge in [-0.15, -0.1) is 0 Å². The van der Waals surface area contributed by atoms with Gasteiger partial charge in [0, 0.05) is 12.6 Å². The Hall–Kier alpha value is -0.0800. The SMILES string of the molecule is CCCNC(C)C(C)OCC(C)CCC. The summed E-state index contributed by atoms with van der Waals surface area (Å²) >= 11 is 0. The molecule has 0 heterocycles. The standard InChI is InChI=1S/C13H29NO/c1-6-8-11(3)10-15-13(5)12(4)14-9-7-2/h11-14H,6-10H2,1-5H3. The zero-order valence-electron chi connectivity index (χ0n) is 11.2. The summed E-state index contributed by atoms with van der Waals surface area (Å²) in [4.78, 5) is 0. The highest BCUT2D eigenvalue weighted by molar-refractivity contribution is 4.68. The summed E-state index contributed by atoms with van der Waals surface area (Å²) in [6.07, 6.45) is 4.02. The van der Waals surface area contributed by atoms with E-state index in [1.54, 1.807) is 0 Å². The number of rotatable bonds is 9. The maximum atomic E-state index is 5.85. The van der Waals surface area contributed by atoms with Gasteiger partial charge in [0.1, 0.15) is 0 Å². The van der Waals surface area contributed by atoms with Gasteiger partial charge in [0.05, 0.1) is 6.10 Å². The molecule has 92 valence electrons. The Morgan fingerprint density at radius 2 is 1.73 bits per heavy atom. The van der Waals surface area contributed by atoms with E-state index < -0.39 is 0 Å². The van der Waals surface area contributed by atoms with Crippen molar-refractivity contribution in [3.05, 3.63) is 0 Å². The minimum absolute atomic E-state index is 0.316. The Balaban J connectivity index is 3.57. The maximum absolute atomic E-state index is 5.85. The van der Waals surface area contributed by atoms with Crippen molar-refractivity contribution in [2.45, 2.75) is 66.0 Å². The van der Waals surface area contributed by atoms with Gasteiger partial charge in [-0.1, -0.05) is 27.2 Å². The molecule has 0 aromatic rings. The molecule has 0 radical (unpaired) electrons. The highest BCUT2D eigenvalue weighted by atomic mass is 16.5. The average Bonchev–Trinajstić information content (AvgIpc) is 2.22. The van der Waals surface area contributed by atoms with Crippen molar-refractivity contribution < 1.29 is 4.74 Å². The number of nitrogens with one attached hydrogen (secondary N) is 1. The molecule has 2 heteroatoms. The quantitative estimate of drug-likeness (QED) is 0.637. The normalized spacial score (nSPS) is 17.4. The molecule has 0 spiro atoms. The van der Waals surface area contributed by atoms with E-state index >= 15 is 0 Å². The second kappa shape index (κ2) is 9.17. The summed E-state index contributed by atoms with van der Waals surface area (Å²) in [5, 5.41) is 3.46.